The molecule has 1 aromatic carbocycles. The Hall–Kier alpha value is -1.40. The summed E-state index contributed by atoms with van der Waals surface area (Å²) < 4.78 is 30.0. The number of benzene rings is 1. The minimum atomic E-state index is -2.60. The largest absolute Gasteiger partial charge is 0.378 e. The van der Waals surface area contributed by atoms with Crippen molar-refractivity contribution < 1.29 is 8.85 Å². The number of hydrogen-bond donors (Lipinski definition) is 0. The van der Waals surface area contributed by atoms with Gasteiger partial charge >= 0.3 is 0 Å². The van der Waals surface area contributed by atoms with Crippen LogP contribution in [0.15, 0.2) is 21.4 Å². The standard InChI is InChI=1S/C14H16BrN3O2/c1-9-7-10-12(11(15)8-9)16-14(17(2)13(10)19)18-3-5-20-6-4-18/h7-8H,3-6H2,1-2H3/i2D3. The predicted molar refractivity (Wildman–Crippen MR) is 82.5 cm³/mol. The Morgan fingerprint density at radius 2 is 2.15 bits per heavy atom. The smallest absolute Gasteiger partial charge is 0.262 e. The van der Waals surface area contributed by atoms with Gasteiger partial charge in [0, 0.05) is 28.7 Å². The molecule has 0 aliphatic carbocycles. The van der Waals surface area contributed by atoms with Crippen molar-refractivity contribution in [2.45, 2.75) is 6.92 Å². The van der Waals surface area contributed by atoms with Crippen molar-refractivity contribution in [2.24, 2.45) is 6.98 Å². The molecule has 0 N–H and O–H groups in total. The maximum Gasteiger partial charge on any atom is 0.262 e. The maximum atomic E-state index is 12.8. The van der Waals surface area contributed by atoms with E-state index < -0.39 is 12.5 Å². The van der Waals surface area contributed by atoms with E-state index in [9.17, 15) is 4.79 Å². The predicted octanol–water partition coefficient (Wildman–Crippen LogP) is 1.84. The highest BCUT2D eigenvalue weighted by Gasteiger charge is 2.18. The highest BCUT2D eigenvalue weighted by atomic mass is 79.9. The van der Waals surface area contributed by atoms with E-state index in [0.29, 0.717) is 41.7 Å². The zero-order chi connectivity index (χ0) is 16.8. The molecule has 106 valence electrons. The monoisotopic (exact) mass is 340 g/mol. The van der Waals surface area contributed by atoms with Crippen LogP contribution in [0.1, 0.15) is 9.68 Å². The van der Waals surface area contributed by atoms with Gasteiger partial charge in [0.15, 0.2) is 0 Å². The van der Waals surface area contributed by atoms with E-state index in [1.807, 2.05) is 13.0 Å². The van der Waals surface area contributed by atoms with Gasteiger partial charge < -0.3 is 9.64 Å². The van der Waals surface area contributed by atoms with Crippen LogP contribution < -0.4 is 10.5 Å². The first kappa shape index (κ1) is 10.3. The Morgan fingerprint density at radius 1 is 1.40 bits per heavy atom. The molecular formula is C14H16BrN3O2. The lowest BCUT2D eigenvalue weighted by atomic mass is 10.2. The fourth-order valence-electron chi connectivity index (χ4n) is 2.35. The third kappa shape index (κ3) is 2.23. The molecule has 5 nitrogen and oxygen atoms in total. The molecule has 1 fully saturated rings. The first-order valence-electron chi connectivity index (χ1n) is 7.85. The topological polar surface area (TPSA) is 47.4 Å². The third-order valence-corrected chi connectivity index (χ3v) is 3.95. The fourth-order valence-corrected chi connectivity index (χ4v) is 3.01. The summed E-state index contributed by atoms with van der Waals surface area (Å²) in [5.41, 5.74) is 0.781. The van der Waals surface area contributed by atoms with Crippen molar-refractivity contribution in [3.05, 3.63) is 32.5 Å². The molecule has 0 atom stereocenters. The van der Waals surface area contributed by atoms with Gasteiger partial charge in [0.05, 0.1) is 24.1 Å². The number of aryl methyl sites for hydroxylation is 1. The first-order valence-corrected chi connectivity index (χ1v) is 7.14. The molecule has 0 spiro atoms. The van der Waals surface area contributed by atoms with Gasteiger partial charge in [-0.2, -0.15) is 0 Å². The Labute approximate surface area is 129 Å². The molecule has 1 aliphatic rings. The summed E-state index contributed by atoms with van der Waals surface area (Å²) in [7, 11) is 0. The van der Waals surface area contributed by atoms with Crippen molar-refractivity contribution >= 4 is 32.8 Å². The Kier molecular flexibility index (Phi) is 2.68. The lowest BCUT2D eigenvalue weighted by Crippen LogP contribution is -2.40. The van der Waals surface area contributed by atoms with Gasteiger partial charge in [-0.3, -0.25) is 9.36 Å². The van der Waals surface area contributed by atoms with Crippen LogP contribution >= 0.6 is 15.9 Å². The summed E-state index contributed by atoms with van der Waals surface area (Å²) in [5.74, 6) is 0.162. The molecule has 0 saturated carbocycles. The zero-order valence-corrected chi connectivity index (χ0v) is 12.6. The van der Waals surface area contributed by atoms with Crippen LogP contribution in [0.2, 0.25) is 0 Å². The van der Waals surface area contributed by atoms with Crippen molar-refractivity contribution in [2.75, 3.05) is 31.2 Å². The second kappa shape index (κ2) is 5.18. The molecule has 0 amide bonds. The molecule has 1 aliphatic heterocycles. The molecular weight excluding hydrogens is 322 g/mol. The van der Waals surface area contributed by atoms with Crippen molar-refractivity contribution in [1.29, 1.82) is 0 Å². The lowest BCUT2D eigenvalue weighted by molar-refractivity contribution is 0.121. The number of rotatable bonds is 1. The van der Waals surface area contributed by atoms with Gasteiger partial charge in [0.25, 0.3) is 5.56 Å². The molecule has 2 heterocycles. The second-order valence-corrected chi connectivity index (χ2v) is 5.65. The summed E-state index contributed by atoms with van der Waals surface area (Å²) in [6.45, 7) is 1.20. The molecule has 1 saturated heterocycles. The van der Waals surface area contributed by atoms with E-state index in [-0.39, 0.29) is 5.95 Å². The number of morpholine rings is 1. The average Bonchev–Trinajstić information content (AvgIpc) is 2.47. The number of fused-ring (bicyclic) bond motifs is 1. The number of hydrogen-bond acceptors (Lipinski definition) is 4. The minimum Gasteiger partial charge on any atom is -0.378 e. The van der Waals surface area contributed by atoms with Crippen molar-refractivity contribution in [3.8, 4) is 0 Å². The van der Waals surface area contributed by atoms with Gasteiger partial charge in [0.1, 0.15) is 0 Å². The summed E-state index contributed by atoms with van der Waals surface area (Å²) >= 11 is 3.42. The highest BCUT2D eigenvalue weighted by molar-refractivity contribution is 9.10. The molecule has 2 aromatic rings. The molecule has 3 rings (SSSR count). The summed E-state index contributed by atoms with van der Waals surface area (Å²) in [4.78, 5) is 19.1. The number of halogens is 1. The number of anilines is 1. The SMILES string of the molecule is [2H]C([2H])([2H])n1c(N2CCOCC2)nc2c(Br)cc(C)cc2c1=O. The van der Waals surface area contributed by atoms with Crippen LogP contribution in [0.3, 0.4) is 0 Å². The first-order chi connectivity index (χ1) is 10.8. The molecule has 0 bridgehead atoms. The molecule has 0 unspecified atom stereocenters. The van der Waals surface area contributed by atoms with Gasteiger partial charge in [-0.25, -0.2) is 4.98 Å². The van der Waals surface area contributed by atoms with Crippen LogP contribution in [-0.2, 0) is 11.7 Å². The van der Waals surface area contributed by atoms with Crippen molar-refractivity contribution in [3.63, 3.8) is 0 Å². The van der Waals surface area contributed by atoms with Crippen LogP contribution in [0, 0.1) is 6.92 Å². The zero-order valence-electron chi connectivity index (χ0n) is 14.0. The lowest BCUT2D eigenvalue weighted by Gasteiger charge is -2.29. The molecule has 6 heteroatoms. The van der Waals surface area contributed by atoms with Gasteiger partial charge in [0.2, 0.25) is 5.95 Å². The summed E-state index contributed by atoms with van der Waals surface area (Å²) in [6, 6.07) is 3.53. The van der Waals surface area contributed by atoms with Crippen LogP contribution in [0.25, 0.3) is 10.9 Å². The van der Waals surface area contributed by atoms with Gasteiger partial charge in [-0.15, -0.1) is 0 Å². The van der Waals surface area contributed by atoms with Crippen LogP contribution in [0.4, 0.5) is 5.95 Å². The number of ether oxygens (including phenoxy) is 1. The molecule has 20 heavy (non-hydrogen) atoms. The maximum absolute atomic E-state index is 12.8. The van der Waals surface area contributed by atoms with E-state index in [4.69, 9.17) is 8.85 Å². The minimum absolute atomic E-state index is 0.162. The second-order valence-electron chi connectivity index (χ2n) is 4.79. The number of aromatic nitrogens is 2. The Morgan fingerprint density at radius 3 is 2.85 bits per heavy atom. The normalized spacial score (nSPS) is 18.7. The number of nitrogens with zero attached hydrogens (tertiary/aromatic N) is 3. The van der Waals surface area contributed by atoms with Gasteiger partial charge in [-0.05, 0) is 40.5 Å². The summed E-state index contributed by atoms with van der Waals surface area (Å²) in [5, 5.41) is 0.296. The van der Waals surface area contributed by atoms with E-state index in [1.165, 1.54) is 0 Å². The van der Waals surface area contributed by atoms with Crippen LogP contribution in [-0.4, -0.2) is 35.9 Å². The molecule has 1 aromatic heterocycles. The van der Waals surface area contributed by atoms with E-state index in [0.717, 1.165) is 10.1 Å². The summed E-state index contributed by atoms with van der Waals surface area (Å²) in [6.07, 6.45) is 0. The molecule has 0 radical (unpaired) electrons. The van der Waals surface area contributed by atoms with Crippen molar-refractivity contribution in [1.82, 2.24) is 9.55 Å². The highest BCUT2D eigenvalue weighted by Crippen LogP contribution is 2.24. The van der Waals surface area contributed by atoms with Gasteiger partial charge in [-0.1, -0.05) is 0 Å². The fraction of sp³-hybridized carbons (Fsp3) is 0.429. The Bertz CT molecular complexity index is 813. The quantitative estimate of drug-likeness (QED) is 0.794. The third-order valence-electron chi connectivity index (χ3n) is 3.35. The Balaban J connectivity index is 2.35. The van der Waals surface area contributed by atoms with E-state index in [1.54, 1.807) is 11.0 Å². The van der Waals surface area contributed by atoms with E-state index in [2.05, 4.69) is 20.9 Å². The van der Waals surface area contributed by atoms with E-state index >= 15 is 0 Å². The van der Waals surface area contributed by atoms with Crippen LogP contribution in [0.5, 0.6) is 0 Å². The average molecular weight is 341 g/mol.